The molecule has 0 aliphatic carbocycles. The second kappa shape index (κ2) is 5.18. The predicted octanol–water partition coefficient (Wildman–Crippen LogP) is -1.99. The van der Waals surface area contributed by atoms with Crippen molar-refractivity contribution >= 4 is 34.4 Å². The van der Waals surface area contributed by atoms with Gasteiger partial charge in [0.1, 0.15) is 0 Å². The summed E-state index contributed by atoms with van der Waals surface area (Å²) >= 11 is 0. The summed E-state index contributed by atoms with van der Waals surface area (Å²) in [4.78, 5) is 21.7. The van der Waals surface area contributed by atoms with Crippen LogP contribution >= 0.6 is 8.60 Å². The quantitative estimate of drug-likeness (QED) is 0.396. The summed E-state index contributed by atoms with van der Waals surface area (Å²) in [6, 6.07) is 0. The topological polar surface area (TPSA) is 60.7 Å². The number of hydrogen-bond acceptors (Lipinski definition) is 3. The van der Waals surface area contributed by atoms with Crippen LogP contribution in [0, 0.1) is 0 Å². The molecule has 0 unspecified atom stereocenters. The molecule has 0 saturated heterocycles. The first-order valence-corrected chi connectivity index (χ1v) is 1.80. The van der Waals surface area contributed by atoms with E-state index in [2.05, 4.69) is 0 Å². The molecule has 0 amide bonds. The van der Waals surface area contributed by atoms with Crippen molar-refractivity contribution in [3.8, 4) is 0 Å². The van der Waals surface area contributed by atoms with Crippen LogP contribution in [0.25, 0.3) is 0 Å². The molecule has 5 heteroatoms. The zero-order valence-corrected chi connectivity index (χ0v) is 2.68. The van der Waals surface area contributed by atoms with Crippen molar-refractivity contribution in [3.05, 3.63) is 0 Å². The van der Waals surface area contributed by atoms with Crippen molar-refractivity contribution in [1.82, 2.24) is 0 Å². The number of hydrogen-bond donors (Lipinski definition) is 3. The van der Waals surface area contributed by atoms with Crippen LogP contribution in [0.5, 0.6) is 0 Å². The molecular weight excluding hydrogens is 194 g/mol. The summed E-state index contributed by atoms with van der Waals surface area (Å²) in [7, 11) is -2.62. The van der Waals surface area contributed by atoms with Gasteiger partial charge in [-0.15, -0.1) is 0 Å². The Morgan fingerprint density at radius 2 is 1.00 bits per heavy atom. The van der Waals surface area contributed by atoms with E-state index < -0.39 is 8.60 Å². The first-order valence-electron chi connectivity index (χ1n) is 0.600. The van der Waals surface area contributed by atoms with Crippen LogP contribution in [0.2, 0.25) is 0 Å². The monoisotopic (exact) mass is 200 g/mol. The average molecular weight is 200 g/mol. The fraction of sp³-hybridized carbons (Fsp3) is 0. The van der Waals surface area contributed by atoms with Gasteiger partial charge in [0.2, 0.25) is 0 Å². The first-order chi connectivity index (χ1) is 1.73. The SMILES string of the molecule is OP(O)O.[InH3]. The van der Waals surface area contributed by atoms with Gasteiger partial charge in [0, 0.05) is 0 Å². The van der Waals surface area contributed by atoms with Crippen LogP contribution in [-0.4, -0.2) is 40.5 Å². The molecule has 0 atom stereocenters. The van der Waals surface area contributed by atoms with Gasteiger partial charge in [0.25, 0.3) is 0 Å². The summed E-state index contributed by atoms with van der Waals surface area (Å²) in [5, 5.41) is 0. The van der Waals surface area contributed by atoms with Gasteiger partial charge >= 0.3 is 34.4 Å². The van der Waals surface area contributed by atoms with Crippen LogP contribution in [0.1, 0.15) is 0 Å². The molecule has 3 nitrogen and oxygen atoms in total. The maximum absolute atomic E-state index is 7.23. The van der Waals surface area contributed by atoms with Crippen molar-refractivity contribution in [3.63, 3.8) is 0 Å². The summed E-state index contributed by atoms with van der Waals surface area (Å²) in [6.45, 7) is 0. The molecule has 3 N–H and O–H groups in total. The molecule has 0 aliphatic heterocycles. The van der Waals surface area contributed by atoms with Crippen LogP contribution in [-0.2, 0) is 0 Å². The van der Waals surface area contributed by atoms with Gasteiger partial charge in [-0.2, -0.15) is 0 Å². The molecule has 0 aromatic heterocycles. The Labute approximate surface area is 49.4 Å². The molecule has 5 heavy (non-hydrogen) atoms. The first kappa shape index (κ1) is 9.49. The summed E-state index contributed by atoms with van der Waals surface area (Å²) in [5.41, 5.74) is 0. The Bertz CT molecular complexity index is 11.6. The minimum atomic E-state index is -2.62. The minimum absolute atomic E-state index is 0. The van der Waals surface area contributed by atoms with E-state index in [1.54, 1.807) is 0 Å². The van der Waals surface area contributed by atoms with Gasteiger partial charge in [0.05, 0.1) is 0 Å². The van der Waals surface area contributed by atoms with Crippen molar-refractivity contribution in [2.24, 2.45) is 0 Å². The molecule has 0 spiro atoms. The van der Waals surface area contributed by atoms with E-state index in [0.29, 0.717) is 0 Å². The summed E-state index contributed by atoms with van der Waals surface area (Å²) < 4.78 is 0. The molecule has 0 aromatic carbocycles. The zero-order chi connectivity index (χ0) is 3.58. The fourth-order valence-corrected chi connectivity index (χ4v) is 0. The van der Waals surface area contributed by atoms with Crippen LogP contribution in [0.15, 0.2) is 0 Å². The fourth-order valence-electron chi connectivity index (χ4n) is 0. The zero-order valence-electron chi connectivity index (χ0n) is 1.79. The molecule has 0 heterocycles. The van der Waals surface area contributed by atoms with E-state index in [4.69, 9.17) is 14.7 Å². The van der Waals surface area contributed by atoms with Gasteiger partial charge < -0.3 is 14.7 Å². The second-order valence-electron chi connectivity index (χ2n) is 0.268. The van der Waals surface area contributed by atoms with Crippen LogP contribution in [0.4, 0.5) is 0 Å². The Morgan fingerprint density at radius 1 is 1.00 bits per heavy atom. The Balaban J connectivity index is 0. The van der Waals surface area contributed by atoms with Gasteiger partial charge in [-0.25, -0.2) is 0 Å². The van der Waals surface area contributed by atoms with Gasteiger partial charge in [-0.3, -0.25) is 0 Å². The van der Waals surface area contributed by atoms with E-state index >= 15 is 0 Å². The van der Waals surface area contributed by atoms with Crippen molar-refractivity contribution in [2.45, 2.75) is 0 Å². The van der Waals surface area contributed by atoms with E-state index in [0.717, 1.165) is 0 Å². The van der Waals surface area contributed by atoms with Crippen LogP contribution < -0.4 is 0 Å². The molecule has 0 bridgehead atoms. The van der Waals surface area contributed by atoms with Gasteiger partial charge in [-0.05, 0) is 0 Å². The maximum atomic E-state index is 7.23. The third-order valence-corrected chi connectivity index (χ3v) is 0. The molecule has 0 radical (unpaired) electrons. The molecular formula is H6InO3P. The normalized spacial score (nSPS) is 7.20. The molecule has 32 valence electrons. The Morgan fingerprint density at radius 3 is 1.00 bits per heavy atom. The summed E-state index contributed by atoms with van der Waals surface area (Å²) in [6.07, 6.45) is 0. The molecule has 0 saturated carbocycles. The number of rotatable bonds is 0. The van der Waals surface area contributed by atoms with Crippen LogP contribution in [0.3, 0.4) is 0 Å². The molecule has 0 rings (SSSR count). The predicted molar refractivity (Wildman–Crippen MR) is 23.5 cm³/mol. The van der Waals surface area contributed by atoms with E-state index in [-0.39, 0.29) is 25.8 Å². The molecule has 0 aromatic rings. The standard InChI is InChI=1S/In.H3O3P.3H/c;1-4(2)3;;;/h;1-3H;;;. The van der Waals surface area contributed by atoms with Gasteiger partial charge in [0.15, 0.2) is 0 Å². The third-order valence-electron chi connectivity index (χ3n) is 0. The van der Waals surface area contributed by atoms with Crippen molar-refractivity contribution < 1.29 is 14.7 Å². The van der Waals surface area contributed by atoms with E-state index in [1.807, 2.05) is 0 Å². The van der Waals surface area contributed by atoms with Crippen molar-refractivity contribution in [2.75, 3.05) is 0 Å². The molecule has 0 aliphatic rings. The van der Waals surface area contributed by atoms with E-state index in [9.17, 15) is 0 Å². The van der Waals surface area contributed by atoms with E-state index in [1.165, 1.54) is 0 Å². The Kier molecular flexibility index (Phi) is 9.83. The third kappa shape index (κ3) is 37.6. The second-order valence-corrected chi connectivity index (χ2v) is 0.805. The average Bonchev–Trinajstić information content (AvgIpc) is 0.811. The van der Waals surface area contributed by atoms with Gasteiger partial charge in [-0.1, -0.05) is 0 Å². The Hall–Kier alpha value is 1.18. The molecule has 0 fully saturated rings. The van der Waals surface area contributed by atoms with Crippen molar-refractivity contribution in [1.29, 1.82) is 0 Å². The summed E-state index contributed by atoms with van der Waals surface area (Å²) in [5.74, 6) is 0.